The van der Waals surface area contributed by atoms with Crippen molar-refractivity contribution in [3.63, 3.8) is 0 Å². The minimum atomic E-state index is -0.833. The van der Waals surface area contributed by atoms with Crippen molar-refractivity contribution < 1.29 is 33.8 Å². The van der Waals surface area contributed by atoms with E-state index in [1.165, 1.54) is 22.3 Å². The number of carbonyl (C=O) groups excluding carboxylic acids is 3. The number of benzene rings is 2. The van der Waals surface area contributed by atoms with Crippen molar-refractivity contribution in [2.75, 3.05) is 39.3 Å². The molecule has 11 heteroatoms. The van der Waals surface area contributed by atoms with Crippen LogP contribution in [0, 0.1) is 0 Å². The number of hydrogen-bond acceptors (Lipinski definition) is 7. The average molecular weight is 597 g/mol. The Bertz CT molecular complexity index is 1220. The fraction of sp³-hybridized carbons (Fsp3) is 0.500. The first-order valence-electron chi connectivity index (χ1n) is 14.7. The second-order valence-corrected chi connectivity index (χ2v) is 11.7. The molecule has 0 bridgehead atoms. The number of aliphatic carboxylic acids is 1. The van der Waals surface area contributed by atoms with E-state index in [0.29, 0.717) is 45.6 Å². The third-order valence-corrected chi connectivity index (χ3v) is 7.13. The van der Waals surface area contributed by atoms with Crippen LogP contribution < -0.4 is 11.1 Å². The molecule has 1 aliphatic heterocycles. The van der Waals surface area contributed by atoms with E-state index in [2.05, 4.69) is 29.6 Å². The number of nitrogens with zero attached hydrogens (tertiary/aromatic N) is 2. The summed E-state index contributed by atoms with van der Waals surface area (Å²) in [7, 11) is 0. The first-order chi connectivity index (χ1) is 20.4. The van der Waals surface area contributed by atoms with E-state index >= 15 is 0 Å². The van der Waals surface area contributed by atoms with Gasteiger partial charge in [-0.05, 0) is 62.4 Å². The monoisotopic (exact) mass is 596 g/mol. The van der Waals surface area contributed by atoms with E-state index in [1.807, 2.05) is 24.3 Å². The first-order valence-corrected chi connectivity index (χ1v) is 14.7. The zero-order chi connectivity index (χ0) is 31.6. The molecule has 2 aliphatic rings. The minimum Gasteiger partial charge on any atom is -0.481 e. The number of nitrogens with one attached hydrogen (secondary N) is 1. The van der Waals surface area contributed by atoms with Gasteiger partial charge in [0.05, 0.1) is 0 Å². The topological polar surface area (TPSA) is 151 Å². The van der Waals surface area contributed by atoms with E-state index in [1.54, 1.807) is 30.6 Å². The molecule has 1 fully saturated rings. The van der Waals surface area contributed by atoms with Gasteiger partial charge in [0, 0.05) is 51.5 Å². The van der Waals surface area contributed by atoms with Crippen LogP contribution in [0.3, 0.4) is 0 Å². The summed E-state index contributed by atoms with van der Waals surface area (Å²) in [5.74, 6) is -0.896. The van der Waals surface area contributed by atoms with Gasteiger partial charge in [0.25, 0.3) is 5.97 Å². The normalized spacial score (nSPS) is 14.9. The van der Waals surface area contributed by atoms with Crippen molar-refractivity contribution in [2.24, 2.45) is 5.73 Å². The van der Waals surface area contributed by atoms with Crippen LogP contribution in [0.2, 0.25) is 0 Å². The molecule has 234 valence electrons. The van der Waals surface area contributed by atoms with Crippen LogP contribution in [0.1, 0.15) is 64.0 Å². The molecule has 11 nitrogen and oxygen atoms in total. The number of ether oxygens (including phenoxy) is 2. The van der Waals surface area contributed by atoms with Crippen molar-refractivity contribution in [3.8, 4) is 11.1 Å². The molecule has 2 aromatic rings. The summed E-state index contributed by atoms with van der Waals surface area (Å²) in [6.07, 6.45) is 0.517. The lowest BCUT2D eigenvalue weighted by Crippen LogP contribution is -2.52. The SMILES string of the molecule is CC(=O)O.CC(C)(C)OC(=O)N[C@@H](CCCN)CC(=O)N1CCN(C(=O)OCC2c3ccccc3-c3ccccc32)CC1. The van der Waals surface area contributed by atoms with E-state index < -0.39 is 17.7 Å². The Morgan fingerprint density at radius 3 is 1.98 bits per heavy atom. The Morgan fingerprint density at radius 1 is 0.953 bits per heavy atom. The van der Waals surface area contributed by atoms with E-state index in [9.17, 15) is 14.4 Å². The molecule has 0 saturated carbocycles. The number of carboxylic acids is 1. The lowest BCUT2D eigenvalue weighted by atomic mass is 9.98. The van der Waals surface area contributed by atoms with Crippen LogP contribution in [0.4, 0.5) is 9.59 Å². The van der Waals surface area contributed by atoms with Gasteiger partial charge in [0.2, 0.25) is 5.91 Å². The van der Waals surface area contributed by atoms with Gasteiger partial charge in [-0.25, -0.2) is 9.59 Å². The third kappa shape index (κ3) is 9.99. The number of piperazine rings is 1. The summed E-state index contributed by atoms with van der Waals surface area (Å²) in [5.41, 5.74) is 9.75. The van der Waals surface area contributed by atoms with Gasteiger partial charge in [0.15, 0.2) is 0 Å². The predicted octanol–water partition coefficient (Wildman–Crippen LogP) is 4.19. The zero-order valence-corrected chi connectivity index (χ0v) is 25.5. The number of fused-ring (bicyclic) bond motifs is 3. The molecular formula is C32H44N4O7. The second kappa shape index (κ2) is 15.4. The highest BCUT2D eigenvalue weighted by atomic mass is 16.6. The molecule has 2 aromatic carbocycles. The molecule has 3 amide bonds. The van der Waals surface area contributed by atoms with Gasteiger partial charge in [-0.3, -0.25) is 9.59 Å². The maximum Gasteiger partial charge on any atom is 0.409 e. The van der Waals surface area contributed by atoms with Crippen molar-refractivity contribution in [2.45, 2.75) is 64.5 Å². The van der Waals surface area contributed by atoms with Gasteiger partial charge in [-0.1, -0.05) is 48.5 Å². The highest BCUT2D eigenvalue weighted by Crippen LogP contribution is 2.44. The summed E-state index contributed by atoms with van der Waals surface area (Å²) in [5, 5.41) is 10.2. The zero-order valence-electron chi connectivity index (χ0n) is 25.5. The Hall–Kier alpha value is -4.12. The quantitative estimate of drug-likeness (QED) is 0.410. The van der Waals surface area contributed by atoms with E-state index in [4.69, 9.17) is 25.1 Å². The molecule has 1 atom stereocenters. The minimum absolute atomic E-state index is 0.00662. The summed E-state index contributed by atoms with van der Waals surface area (Å²) in [6, 6.07) is 16.1. The maximum absolute atomic E-state index is 13.0. The van der Waals surface area contributed by atoms with Crippen molar-refractivity contribution in [1.82, 2.24) is 15.1 Å². The molecule has 1 heterocycles. The average Bonchev–Trinajstić information content (AvgIpc) is 3.27. The van der Waals surface area contributed by atoms with Crippen LogP contribution in [0.15, 0.2) is 48.5 Å². The highest BCUT2D eigenvalue weighted by Gasteiger charge is 2.31. The van der Waals surface area contributed by atoms with Crippen molar-refractivity contribution >= 4 is 24.1 Å². The summed E-state index contributed by atoms with van der Waals surface area (Å²) >= 11 is 0. The maximum atomic E-state index is 13.0. The molecule has 0 radical (unpaired) electrons. The molecule has 1 saturated heterocycles. The number of alkyl carbamates (subject to hydrolysis) is 1. The Kier molecular flexibility index (Phi) is 11.9. The molecule has 0 spiro atoms. The largest absolute Gasteiger partial charge is 0.481 e. The third-order valence-electron chi connectivity index (χ3n) is 7.13. The molecular weight excluding hydrogens is 552 g/mol. The first kappa shape index (κ1) is 33.4. The standard InChI is InChI=1S/C30H40N4O5.C2H4O2/c1-30(2,3)39-28(36)32-21(9-8-14-31)19-27(35)33-15-17-34(18-16-33)29(37)38-20-26-24-12-6-4-10-22(24)23-11-5-7-13-25(23)26;1-2(3)4/h4-7,10-13,21,26H,8-9,14-20,31H2,1-3H3,(H,32,36);1H3,(H,3,4)/t21-;/m0./s1. The van der Waals surface area contributed by atoms with E-state index in [-0.39, 0.29) is 37.0 Å². The number of carbonyl (C=O) groups is 4. The summed E-state index contributed by atoms with van der Waals surface area (Å²) in [4.78, 5) is 50.6. The van der Waals surface area contributed by atoms with Gasteiger partial charge < -0.3 is 35.4 Å². The van der Waals surface area contributed by atoms with Crippen LogP contribution in [0.5, 0.6) is 0 Å². The van der Waals surface area contributed by atoms with Crippen molar-refractivity contribution in [3.05, 3.63) is 59.7 Å². The molecule has 4 rings (SSSR count). The van der Waals surface area contributed by atoms with Gasteiger partial charge >= 0.3 is 12.2 Å². The molecule has 43 heavy (non-hydrogen) atoms. The van der Waals surface area contributed by atoms with Crippen molar-refractivity contribution in [1.29, 1.82) is 0 Å². The Labute approximate surface area is 253 Å². The van der Waals surface area contributed by atoms with Crippen LogP contribution in [-0.4, -0.2) is 89.9 Å². The Morgan fingerprint density at radius 2 is 1.47 bits per heavy atom. The lowest BCUT2D eigenvalue weighted by Gasteiger charge is -2.35. The number of carboxylic acid groups (broad SMARTS) is 1. The van der Waals surface area contributed by atoms with Gasteiger partial charge in [0.1, 0.15) is 12.2 Å². The summed E-state index contributed by atoms with van der Waals surface area (Å²) < 4.78 is 11.1. The van der Waals surface area contributed by atoms with Crippen LogP contribution >= 0.6 is 0 Å². The smallest absolute Gasteiger partial charge is 0.409 e. The number of rotatable bonds is 8. The molecule has 4 N–H and O–H groups in total. The fourth-order valence-corrected chi connectivity index (χ4v) is 5.23. The molecule has 0 unspecified atom stereocenters. The molecule has 0 aromatic heterocycles. The Balaban J connectivity index is 0.00000119. The predicted molar refractivity (Wildman–Crippen MR) is 163 cm³/mol. The highest BCUT2D eigenvalue weighted by molar-refractivity contribution is 5.80. The van der Waals surface area contributed by atoms with Gasteiger partial charge in [-0.15, -0.1) is 0 Å². The summed E-state index contributed by atoms with van der Waals surface area (Å²) in [6.45, 7) is 8.83. The van der Waals surface area contributed by atoms with Crippen LogP contribution in [-0.2, 0) is 19.1 Å². The molecule has 1 aliphatic carbocycles. The lowest BCUT2D eigenvalue weighted by molar-refractivity contribution is -0.134. The van der Waals surface area contributed by atoms with Crippen LogP contribution in [0.25, 0.3) is 11.1 Å². The number of amides is 3. The number of hydrogen-bond donors (Lipinski definition) is 3. The second-order valence-electron chi connectivity index (χ2n) is 11.7. The number of nitrogens with two attached hydrogens (primary N) is 1. The van der Waals surface area contributed by atoms with Gasteiger partial charge in [-0.2, -0.15) is 0 Å². The van der Waals surface area contributed by atoms with E-state index in [0.717, 1.165) is 6.92 Å². The fourth-order valence-electron chi connectivity index (χ4n) is 5.23.